The van der Waals surface area contributed by atoms with Crippen LogP contribution in [0.15, 0.2) is 53.3 Å². The largest absolute Gasteiger partial charge is 0.494 e. The van der Waals surface area contributed by atoms with Crippen LogP contribution < -0.4 is 10.9 Å². The summed E-state index contributed by atoms with van der Waals surface area (Å²) >= 11 is 5.18. The Bertz CT molecular complexity index is 1110. The zero-order chi connectivity index (χ0) is 18.3. The van der Waals surface area contributed by atoms with Crippen molar-refractivity contribution in [2.75, 3.05) is 6.54 Å². The molecule has 132 valence electrons. The van der Waals surface area contributed by atoms with Gasteiger partial charge in [0.15, 0.2) is 4.77 Å². The van der Waals surface area contributed by atoms with Gasteiger partial charge < -0.3 is 10.4 Å². The molecule has 7 heteroatoms. The average Bonchev–Trinajstić information content (AvgIpc) is 2.63. The van der Waals surface area contributed by atoms with E-state index in [1.807, 2.05) is 29.6 Å². The van der Waals surface area contributed by atoms with Crippen molar-refractivity contribution in [1.82, 2.24) is 9.55 Å². The predicted molar refractivity (Wildman–Crippen MR) is 97.6 cm³/mol. The number of nitrogens with two attached hydrogens (primary N) is 1. The molecule has 0 spiro atoms. The molecule has 0 fully saturated rings. The van der Waals surface area contributed by atoms with Crippen molar-refractivity contribution < 1.29 is 14.8 Å². The van der Waals surface area contributed by atoms with Crippen molar-refractivity contribution in [2.45, 2.75) is 12.5 Å². The van der Waals surface area contributed by atoms with Gasteiger partial charge in [0.2, 0.25) is 5.88 Å². The average molecular weight is 370 g/mol. The second-order valence-corrected chi connectivity index (χ2v) is 6.62. The van der Waals surface area contributed by atoms with E-state index >= 15 is 0 Å². The number of rotatable bonds is 2. The standard InChI is InChI=1S/C19H16FN3O2S/c20-13-7-3-4-8-14(13)23-18(25)15(17(24)22-19(23)26)16-12-6-2-1-5-11(12)9-10-21-16/h1-8,16,21,25H,9-10H2,(H,22,24,26)/p+1/t16-/m0/s1. The summed E-state index contributed by atoms with van der Waals surface area (Å²) in [4.78, 5) is 15.2. The van der Waals surface area contributed by atoms with Gasteiger partial charge in [0.25, 0.3) is 5.56 Å². The van der Waals surface area contributed by atoms with Crippen molar-refractivity contribution in [1.29, 1.82) is 0 Å². The van der Waals surface area contributed by atoms with E-state index in [0.29, 0.717) is 0 Å². The molecular formula is C19H17FN3O2S+. The van der Waals surface area contributed by atoms with E-state index in [0.717, 1.165) is 24.1 Å². The molecule has 0 aliphatic carbocycles. The van der Waals surface area contributed by atoms with Gasteiger partial charge in [0.1, 0.15) is 17.4 Å². The third-order valence-corrected chi connectivity index (χ3v) is 5.02. The summed E-state index contributed by atoms with van der Waals surface area (Å²) in [6.07, 6.45) is 0.887. The molecule has 2 aromatic carbocycles. The number of hydrogen-bond acceptors (Lipinski definition) is 3. The van der Waals surface area contributed by atoms with Crippen LogP contribution >= 0.6 is 12.2 Å². The first-order chi connectivity index (χ1) is 12.6. The maximum atomic E-state index is 14.3. The summed E-state index contributed by atoms with van der Waals surface area (Å²) in [5, 5.41) is 12.9. The number of aromatic hydroxyl groups is 1. The highest BCUT2D eigenvalue weighted by atomic mass is 32.1. The Morgan fingerprint density at radius 2 is 1.92 bits per heavy atom. The van der Waals surface area contributed by atoms with E-state index in [1.54, 1.807) is 12.1 Å². The fourth-order valence-electron chi connectivity index (χ4n) is 3.55. The summed E-state index contributed by atoms with van der Waals surface area (Å²) in [5.74, 6) is -0.869. The first-order valence-electron chi connectivity index (χ1n) is 8.32. The fourth-order valence-corrected chi connectivity index (χ4v) is 3.82. The van der Waals surface area contributed by atoms with Crippen LogP contribution in [0.1, 0.15) is 22.7 Å². The molecule has 2 heterocycles. The Balaban J connectivity index is 1.98. The molecule has 4 N–H and O–H groups in total. The Hall–Kier alpha value is -2.77. The summed E-state index contributed by atoms with van der Waals surface area (Å²) in [6.45, 7) is 0.788. The molecule has 0 saturated carbocycles. The van der Waals surface area contributed by atoms with Crippen molar-refractivity contribution in [3.8, 4) is 11.6 Å². The first kappa shape index (κ1) is 16.7. The minimum atomic E-state index is -0.537. The number of aromatic nitrogens is 2. The second-order valence-electron chi connectivity index (χ2n) is 6.23. The van der Waals surface area contributed by atoms with Crippen LogP contribution in [-0.2, 0) is 6.42 Å². The molecule has 0 unspecified atom stereocenters. The highest BCUT2D eigenvalue weighted by molar-refractivity contribution is 7.71. The van der Waals surface area contributed by atoms with Gasteiger partial charge in [-0.2, -0.15) is 0 Å². The third kappa shape index (κ3) is 2.65. The fraction of sp³-hybridized carbons (Fsp3) is 0.158. The molecule has 0 radical (unpaired) electrons. The molecule has 1 aliphatic rings. The molecule has 1 atom stereocenters. The van der Waals surface area contributed by atoms with E-state index in [4.69, 9.17) is 12.2 Å². The maximum Gasteiger partial charge on any atom is 0.265 e. The number of H-pyrrole nitrogens is 1. The molecule has 26 heavy (non-hydrogen) atoms. The SMILES string of the molecule is O=c1[nH]c(=S)n(-c2ccccc2F)c(O)c1[C@H]1[NH2+]CCc2ccccc21. The summed E-state index contributed by atoms with van der Waals surface area (Å²) in [6, 6.07) is 13.4. The monoisotopic (exact) mass is 370 g/mol. The Kier molecular flexibility index (Phi) is 4.18. The lowest BCUT2D eigenvalue weighted by atomic mass is 9.90. The Labute approximate surface area is 153 Å². The highest BCUT2D eigenvalue weighted by Gasteiger charge is 2.31. The third-order valence-electron chi connectivity index (χ3n) is 4.73. The van der Waals surface area contributed by atoms with Crippen LogP contribution in [0.5, 0.6) is 5.88 Å². The van der Waals surface area contributed by atoms with Gasteiger partial charge in [-0.3, -0.25) is 14.3 Å². The van der Waals surface area contributed by atoms with Gasteiger partial charge in [0, 0.05) is 12.0 Å². The van der Waals surface area contributed by atoms with Crippen LogP contribution in [0.2, 0.25) is 0 Å². The number of para-hydroxylation sites is 1. The predicted octanol–water partition coefficient (Wildman–Crippen LogP) is 1.95. The lowest BCUT2D eigenvalue weighted by molar-refractivity contribution is -0.690. The molecule has 0 amide bonds. The lowest BCUT2D eigenvalue weighted by Gasteiger charge is -2.24. The van der Waals surface area contributed by atoms with E-state index in [9.17, 15) is 14.3 Å². The Morgan fingerprint density at radius 3 is 2.73 bits per heavy atom. The number of quaternary nitrogens is 1. The number of hydrogen-bond donors (Lipinski definition) is 3. The number of fused-ring (bicyclic) bond motifs is 1. The molecule has 1 aliphatic heterocycles. The number of halogens is 1. The van der Waals surface area contributed by atoms with Gasteiger partial charge in [0.05, 0.1) is 12.2 Å². The zero-order valence-electron chi connectivity index (χ0n) is 13.8. The van der Waals surface area contributed by atoms with E-state index in [-0.39, 0.29) is 27.9 Å². The second kappa shape index (κ2) is 6.51. The quantitative estimate of drug-likeness (QED) is 0.604. The maximum absolute atomic E-state index is 14.3. The molecule has 4 rings (SSSR count). The summed E-state index contributed by atoms with van der Waals surface area (Å²) in [5.41, 5.74) is 1.92. The zero-order valence-corrected chi connectivity index (χ0v) is 14.6. The minimum Gasteiger partial charge on any atom is -0.494 e. The van der Waals surface area contributed by atoms with E-state index < -0.39 is 11.4 Å². The van der Waals surface area contributed by atoms with Crippen LogP contribution in [0.25, 0.3) is 5.69 Å². The summed E-state index contributed by atoms with van der Waals surface area (Å²) < 4.78 is 15.4. The van der Waals surface area contributed by atoms with Gasteiger partial charge in [-0.05, 0) is 29.9 Å². The molecule has 5 nitrogen and oxygen atoms in total. The first-order valence-corrected chi connectivity index (χ1v) is 8.73. The molecule has 1 aromatic heterocycles. The molecule has 3 aromatic rings. The number of aromatic amines is 1. The summed E-state index contributed by atoms with van der Waals surface area (Å²) in [7, 11) is 0. The van der Waals surface area contributed by atoms with Gasteiger partial charge >= 0.3 is 0 Å². The smallest absolute Gasteiger partial charge is 0.265 e. The molecular weight excluding hydrogens is 353 g/mol. The molecule has 0 bridgehead atoms. The van der Waals surface area contributed by atoms with Crippen LogP contribution in [0.4, 0.5) is 4.39 Å². The van der Waals surface area contributed by atoms with Crippen LogP contribution in [0, 0.1) is 10.6 Å². The van der Waals surface area contributed by atoms with Crippen LogP contribution in [-0.4, -0.2) is 21.2 Å². The number of nitrogens with one attached hydrogen (secondary N) is 1. The minimum absolute atomic E-state index is 0.0505. The van der Waals surface area contributed by atoms with E-state index in [1.165, 1.54) is 16.7 Å². The Morgan fingerprint density at radius 1 is 1.19 bits per heavy atom. The van der Waals surface area contributed by atoms with Crippen LogP contribution in [0.3, 0.4) is 0 Å². The topological polar surface area (TPSA) is 74.6 Å². The van der Waals surface area contributed by atoms with Crippen molar-refractivity contribution in [3.63, 3.8) is 0 Å². The molecule has 0 saturated heterocycles. The number of nitrogens with zero attached hydrogens (tertiary/aromatic N) is 1. The van der Waals surface area contributed by atoms with Crippen molar-refractivity contribution in [3.05, 3.63) is 86.2 Å². The normalized spacial score (nSPS) is 16.3. The van der Waals surface area contributed by atoms with Gasteiger partial charge in [-0.15, -0.1) is 0 Å². The van der Waals surface area contributed by atoms with Crippen molar-refractivity contribution >= 4 is 12.2 Å². The van der Waals surface area contributed by atoms with Gasteiger partial charge in [-0.25, -0.2) is 4.39 Å². The lowest BCUT2D eigenvalue weighted by Crippen LogP contribution is -2.87. The van der Waals surface area contributed by atoms with Crippen molar-refractivity contribution in [2.24, 2.45) is 0 Å². The van der Waals surface area contributed by atoms with Gasteiger partial charge in [-0.1, -0.05) is 36.4 Å². The van der Waals surface area contributed by atoms with E-state index in [2.05, 4.69) is 4.98 Å². The number of benzene rings is 2. The highest BCUT2D eigenvalue weighted by Crippen LogP contribution is 2.30.